The smallest absolute Gasteiger partial charge is 0.293 e. The lowest BCUT2D eigenvalue weighted by Crippen LogP contribution is -2.60. The number of sulfonamides is 1. The van der Waals surface area contributed by atoms with Crippen LogP contribution in [0.15, 0.2) is 114 Å². The van der Waals surface area contributed by atoms with Crippen molar-refractivity contribution in [3.05, 3.63) is 147 Å². The van der Waals surface area contributed by atoms with E-state index >= 15 is 0 Å². The zero-order valence-electron chi connectivity index (χ0n) is 41.7. The number of aliphatic hydroxyl groups is 1. The Morgan fingerprint density at radius 3 is 2.45 bits per heavy atom. The van der Waals surface area contributed by atoms with Crippen LogP contribution in [0.5, 0.6) is 11.5 Å². The summed E-state index contributed by atoms with van der Waals surface area (Å²) >= 11 is 6.23. The van der Waals surface area contributed by atoms with E-state index in [-0.39, 0.29) is 28.3 Å². The number of hydrogen-bond acceptors (Lipinski definition) is 12. The van der Waals surface area contributed by atoms with Crippen molar-refractivity contribution in [3.63, 3.8) is 0 Å². The molecule has 15 nitrogen and oxygen atoms in total. The minimum Gasteiger partial charge on any atom is -0.455 e. The number of nitrogens with one attached hydrogen (secondary N) is 3. The van der Waals surface area contributed by atoms with Gasteiger partial charge < -0.3 is 25.0 Å². The lowest BCUT2D eigenvalue weighted by Gasteiger charge is -2.58. The molecule has 0 unspecified atom stereocenters. The van der Waals surface area contributed by atoms with Crippen LogP contribution in [-0.4, -0.2) is 95.0 Å². The maximum absolute atomic E-state index is 14.1. The molecule has 6 aromatic rings. The van der Waals surface area contributed by atoms with E-state index in [2.05, 4.69) is 85.0 Å². The second-order valence-electron chi connectivity index (χ2n) is 21.5. The quantitative estimate of drug-likeness (QED) is 0.0564. The highest BCUT2D eigenvalue weighted by molar-refractivity contribution is 7.90. The van der Waals surface area contributed by atoms with Crippen molar-refractivity contribution in [2.75, 3.05) is 49.5 Å². The van der Waals surface area contributed by atoms with Gasteiger partial charge in [-0.15, -0.1) is 0 Å². The van der Waals surface area contributed by atoms with E-state index < -0.39 is 37.0 Å². The summed E-state index contributed by atoms with van der Waals surface area (Å²) in [4.78, 5) is 40.5. The normalized spacial score (nSPS) is 21.8. The number of nitrogens with zero attached hydrogens (tertiary/aromatic N) is 5. The number of fused-ring (bicyclic) bond motifs is 1. The molecular weight excluding hydrogens is 964 g/mol. The Morgan fingerprint density at radius 2 is 1.71 bits per heavy atom. The monoisotopic (exact) mass is 1030 g/mol. The van der Waals surface area contributed by atoms with Gasteiger partial charge in [0.25, 0.3) is 21.6 Å². The number of amides is 1. The van der Waals surface area contributed by atoms with Gasteiger partial charge in [-0.05, 0) is 141 Å². The minimum atomic E-state index is -4.59. The number of H-pyrrole nitrogens is 1. The van der Waals surface area contributed by atoms with E-state index in [4.69, 9.17) is 16.3 Å². The standard InChI is InChI=1S/C56H65ClN8O7S/c1-37(2)46-6-4-5-7-47(46)51-36-62(35-39-8-10-41(57)11-9-39)26-27-64(51)43-31-56(32-43)21-24-63(25-22-56)42-12-14-48(52(29-42)72-44-28-40-18-23-58-53(40)60-34-44)54(66)61-73(70,71)45-13-15-49(50(30-45)65(68)69)59-33-38-16-19-55(3,67)20-17-38/h4-15,18,23,28-30,34,37-38,43,51,59,67H,16-17,19-22,24-27,31-33,35-36H2,1-3H3,(H,58,60)(H,61,66)/t38?,51-,55?/m0/s1. The number of aromatic amines is 1. The number of pyridine rings is 1. The average Bonchev–Trinajstić information content (AvgIpc) is 3.84. The van der Waals surface area contributed by atoms with Crippen LogP contribution in [0.2, 0.25) is 5.02 Å². The van der Waals surface area contributed by atoms with Crippen molar-refractivity contribution in [1.29, 1.82) is 0 Å². The number of anilines is 2. The number of ether oxygens (including phenoxy) is 1. The predicted octanol–water partition coefficient (Wildman–Crippen LogP) is 10.8. The molecule has 4 fully saturated rings. The Kier molecular flexibility index (Phi) is 14.3. The number of nitro groups is 1. The van der Waals surface area contributed by atoms with Crippen LogP contribution in [0.1, 0.15) is 111 Å². The number of carbonyl (C=O) groups excluding carboxylic acids is 1. The summed E-state index contributed by atoms with van der Waals surface area (Å²) in [5, 5.41) is 27.2. The topological polar surface area (TPSA) is 186 Å². The SMILES string of the molecule is CC(C)c1ccccc1[C@@H]1CN(Cc2ccc(Cl)cc2)CCN1C1CC2(CCN(c3ccc(C(=O)NS(=O)(=O)c4ccc(NCC5CCC(C)(O)CC5)c([N+](=O)[O-])c4)c(Oc4cnc5[nH]ccc5c4)c3)CC2)C1. The van der Waals surface area contributed by atoms with Gasteiger partial charge >= 0.3 is 0 Å². The van der Waals surface area contributed by atoms with Gasteiger partial charge in [0.2, 0.25) is 0 Å². The van der Waals surface area contributed by atoms with E-state index in [1.165, 1.54) is 28.8 Å². The molecule has 2 saturated heterocycles. The van der Waals surface area contributed by atoms with Crippen molar-refractivity contribution in [3.8, 4) is 11.5 Å². The fourth-order valence-electron chi connectivity index (χ4n) is 11.8. The van der Waals surface area contributed by atoms with Crippen LogP contribution in [-0.2, 0) is 16.6 Å². The van der Waals surface area contributed by atoms with Gasteiger partial charge in [0, 0.05) is 92.3 Å². The second kappa shape index (κ2) is 20.7. The van der Waals surface area contributed by atoms with Gasteiger partial charge in [0.05, 0.1) is 27.2 Å². The van der Waals surface area contributed by atoms with Crippen LogP contribution in [0.25, 0.3) is 11.0 Å². The number of nitro benzene ring substituents is 1. The Labute approximate surface area is 432 Å². The maximum Gasteiger partial charge on any atom is 0.293 e. The molecule has 384 valence electrons. The molecular formula is C56H65ClN8O7S. The highest BCUT2D eigenvalue weighted by Crippen LogP contribution is 2.53. The van der Waals surface area contributed by atoms with Crippen molar-refractivity contribution in [2.24, 2.45) is 11.3 Å². The molecule has 4 aliphatic rings. The number of piperazine rings is 1. The van der Waals surface area contributed by atoms with Gasteiger partial charge in [0.1, 0.15) is 22.8 Å². The van der Waals surface area contributed by atoms with Gasteiger partial charge in [-0.3, -0.25) is 24.7 Å². The van der Waals surface area contributed by atoms with Crippen LogP contribution in [0, 0.1) is 21.4 Å². The number of rotatable bonds is 15. The van der Waals surface area contributed by atoms with E-state index in [0.29, 0.717) is 48.8 Å². The second-order valence-corrected chi connectivity index (χ2v) is 23.6. The molecule has 10 rings (SSSR count). The van der Waals surface area contributed by atoms with Gasteiger partial charge in [-0.2, -0.15) is 0 Å². The van der Waals surface area contributed by atoms with Crippen molar-refractivity contribution in [1.82, 2.24) is 24.5 Å². The summed E-state index contributed by atoms with van der Waals surface area (Å²) in [7, 11) is -4.59. The van der Waals surface area contributed by atoms with Gasteiger partial charge in [0.15, 0.2) is 0 Å². The first-order valence-corrected chi connectivity index (χ1v) is 27.5. The predicted molar refractivity (Wildman–Crippen MR) is 285 cm³/mol. The molecule has 2 aliphatic carbocycles. The Hall–Kier alpha value is -6.04. The molecule has 1 atom stereocenters. The first-order valence-electron chi connectivity index (χ1n) is 25.6. The molecule has 73 heavy (non-hydrogen) atoms. The van der Waals surface area contributed by atoms with E-state index in [9.17, 15) is 28.4 Å². The highest BCUT2D eigenvalue weighted by Gasteiger charge is 2.50. The first kappa shape index (κ1) is 50.5. The molecule has 4 N–H and O–H groups in total. The van der Waals surface area contributed by atoms with Gasteiger partial charge in [-0.1, -0.05) is 61.8 Å². The third-order valence-electron chi connectivity index (χ3n) is 16.1. The lowest BCUT2D eigenvalue weighted by molar-refractivity contribution is -0.384. The van der Waals surface area contributed by atoms with E-state index in [1.54, 1.807) is 30.6 Å². The van der Waals surface area contributed by atoms with Gasteiger partial charge in [-0.25, -0.2) is 18.1 Å². The van der Waals surface area contributed by atoms with Crippen molar-refractivity contribution < 1.29 is 28.0 Å². The number of hydrogen-bond donors (Lipinski definition) is 4. The largest absolute Gasteiger partial charge is 0.455 e. The van der Waals surface area contributed by atoms with Crippen molar-refractivity contribution >= 4 is 55.6 Å². The maximum atomic E-state index is 14.1. The summed E-state index contributed by atoms with van der Waals surface area (Å²) in [6, 6.07) is 30.4. The van der Waals surface area contributed by atoms with Crippen LogP contribution >= 0.6 is 11.6 Å². The fourth-order valence-corrected chi connectivity index (χ4v) is 12.9. The molecule has 0 radical (unpaired) electrons. The van der Waals surface area contributed by atoms with Crippen LogP contribution < -0.4 is 19.7 Å². The highest BCUT2D eigenvalue weighted by atomic mass is 35.5. The summed E-state index contributed by atoms with van der Waals surface area (Å²) < 4.78 is 36.2. The van der Waals surface area contributed by atoms with E-state index in [0.717, 1.165) is 100.0 Å². The van der Waals surface area contributed by atoms with Crippen LogP contribution in [0.4, 0.5) is 17.1 Å². The number of benzene rings is 4. The van der Waals surface area contributed by atoms with Crippen LogP contribution in [0.3, 0.4) is 0 Å². The zero-order chi connectivity index (χ0) is 51.1. The molecule has 4 aromatic carbocycles. The minimum absolute atomic E-state index is 0.0297. The molecule has 2 aliphatic heterocycles. The fraction of sp³-hybridized carbons (Fsp3) is 0.429. The summed E-state index contributed by atoms with van der Waals surface area (Å²) in [6.45, 7) is 12.3. The summed E-state index contributed by atoms with van der Waals surface area (Å²) in [6.07, 6.45) is 10.4. The third kappa shape index (κ3) is 11.2. The third-order valence-corrected chi connectivity index (χ3v) is 17.7. The number of halogens is 1. The molecule has 4 heterocycles. The number of aromatic nitrogens is 2. The summed E-state index contributed by atoms with van der Waals surface area (Å²) in [5.74, 6) is 0.165. The Balaban J connectivity index is 0.832. The zero-order valence-corrected chi connectivity index (χ0v) is 43.3. The number of piperidine rings is 1. The Bertz CT molecular complexity index is 3080. The molecule has 1 amide bonds. The molecule has 2 aromatic heterocycles. The van der Waals surface area contributed by atoms with Crippen molar-refractivity contribution in [2.45, 2.75) is 107 Å². The number of carbonyl (C=O) groups is 1. The molecule has 0 bridgehead atoms. The van der Waals surface area contributed by atoms with E-state index in [1.807, 2.05) is 31.2 Å². The summed E-state index contributed by atoms with van der Waals surface area (Å²) in [5.41, 5.74) is 4.85. The molecule has 2 saturated carbocycles. The Morgan fingerprint density at radius 1 is 0.959 bits per heavy atom. The average molecular weight is 1030 g/mol. The molecule has 17 heteroatoms. The lowest BCUT2D eigenvalue weighted by atomic mass is 9.59. The molecule has 1 spiro atoms. The first-order chi connectivity index (χ1) is 35.0.